The molecule has 0 aliphatic heterocycles. The van der Waals surface area contributed by atoms with Crippen molar-refractivity contribution in [3.05, 3.63) is 0 Å². The fraction of sp³-hybridized carbons (Fsp3) is 0.800. The molecule has 0 bridgehead atoms. The first-order chi connectivity index (χ1) is 10.1. The molecule has 7 nitrogen and oxygen atoms in total. The van der Waals surface area contributed by atoms with Gasteiger partial charge in [-0.2, -0.15) is 0 Å². The Balaban J connectivity index is 4.69. The normalized spacial score (nSPS) is 12.5. The predicted octanol–water partition coefficient (Wildman–Crippen LogP) is 1.89. The van der Waals surface area contributed by atoms with E-state index in [1.807, 2.05) is 0 Å². The van der Waals surface area contributed by atoms with Crippen LogP contribution in [-0.2, 0) is 23.8 Å². The fourth-order valence-corrected chi connectivity index (χ4v) is 1.70. The lowest BCUT2D eigenvalue weighted by atomic mass is 9.94. The second-order valence-electron chi connectivity index (χ2n) is 5.84. The van der Waals surface area contributed by atoms with Crippen LogP contribution in [0.2, 0.25) is 0 Å². The van der Waals surface area contributed by atoms with E-state index in [0.717, 1.165) is 0 Å². The predicted molar refractivity (Wildman–Crippen MR) is 80.2 cm³/mol. The number of carbonyl (C=O) groups excluding carboxylic acids is 3. The number of ether oxygens (including phenoxy) is 3. The summed E-state index contributed by atoms with van der Waals surface area (Å²) in [5, 5.41) is 2.54. The van der Waals surface area contributed by atoms with E-state index in [-0.39, 0.29) is 19.8 Å². The van der Waals surface area contributed by atoms with Crippen molar-refractivity contribution in [1.82, 2.24) is 5.32 Å². The maximum atomic E-state index is 11.9. The Morgan fingerprint density at radius 3 is 1.82 bits per heavy atom. The minimum atomic E-state index is -1.07. The maximum Gasteiger partial charge on any atom is 0.407 e. The highest BCUT2D eigenvalue weighted by Gasteiger charge is 2.35. The zero-order valence-electron chi connectivity index (χ0n) is 14.2. The summed E-state index contributed by atoms with van der Waals surface area (Å²) < 4.78 is 14.9. The molecule has 0 aromatic carbocycles. The van der Waals surface area contributed by atoms with Gasteiger partial charge in [0.1, 0.15) is 5.60 Å². The molecule has 1 unspecified atom stereocenters. The molecule has 0 aromatic heterocycles. The summed E-state index contributed by atoms with van der Waals surface area (Å²) in [6, 6.07) is 0. The highest BCUT2D eigenvalue weighted by molar-refractivity contribution is 5.95. The molecule has 22 heavy (non-hydrogen) atoms. The molecule has 0 radical (unpaired) electrons. The van der Waals surface area contributed by atoms with Crippen LogP contribution in [0.3, 0.4) is 0 Å². The summed E-state index contributed by atoms with van der Waals surface area (Å²) in [4.78, 5) is 35.4. The van der Waals surface area contributed by atoms with Gasteiger partial charge in [-0.15, -0.1) is 0 Å². The van der Waals surface area contributed by atoms with Crippen LogP contribution in [0.15, 0.2) is 0 Å². The molecule has 0 saturated heterocycles. The van der Waals surface area contributed by atoms with E-state index >= 15 is 0 Å². The molecule has 1 N–H and O–H groups in total. The zero-order chi connectivity index (χ0) is 17.3. The van der Waals surface area contributed by atoms with E-state index in [1.54, 1.807) is 41.5 Å². The third-order valence-electron chi connectivity index (χ3n) is 2.62. The minimum absolute atomic E-state index is 0.0945. The van der Waals surface area contributed by atoms with Gasteiger partial charge in [0.05, 0.1) is 13.2 Å². The topological polar surface area (TPSA) is 90.9 Å². The lowest BCUT2D eigenvalue weighted by molar-refractivity contribution is -0.164. The van der Waals surface area contributed by atoms with Gasteiger partial charge in [-0.3, -0.25) is 9.59 Å². The van der Waals surface area contributed by atoms with Crippen LogP contribution in [0.4, 0.5) is 4.79 Å². The SMILES string of the molecule is CCOC(=O)C(C(=O)OCC)C(C)CNC(=O)OC(C)(C)C. The molecule has 128 valence electrons. The van der Waals surface area contributed by atoms with Gasteiger partial charge in [0.25, 0.3) is 0 Å². The number of hydrogen-bond acceptors (Lipinski definition) is 6. The van der Waals surface area contributed by atoms with Gasteiger partial charge >= 0.3 is 18.0 Å². The molecule has 0 rings (SSSR count). The smallest absolute Gasteiger partial charge is 0.407 e. The van der Waals surface area contributed by atoms with Crippen molar-refractivity contribution in [2.24, 2.45) is 11.8 Å². The first-order valence-electron chi connectivity index (χ1n) is 7.42. The van der Waals surface area contributed by atoms with E-state index in [9.17, 15) is 14.4 Å². The number of rotatable bonds is 7. The van der Waals surface area contributed by atoms with Crippen molar-refractivity contribution in [2.75, 3.05) is 19.8 Å². The van der Waals surface area contributed by atoms with E-state index in [1.165, 1.54) is 0 Å². The third-order valence-corrected chi connectivity index (χ3v) is 2.62. The highest BCUT2D eigenvalue weighted by Crippen LogP contribution is 2.16. The summed E-state index contributed by atoms with van der Waals surface area (Å²) >= 11 is 0. The summed E-state index contributed by atoms with van der Waals surface area (Å²) in [7, 11) is 0. The first kappa shape index (κ1) is 20.2. The Morgan fingerprint density at radius 2 is 1.45 bits per heavy atom. The molecule has 0 aromatic rings. The average Bonchev–Trinajstić information content (AvgIpc) is 2.35. The molecule has 7 heteroatoms. The zero-order valence-corrected chi connectivity index (χ0v) is 14.2. The van der Waals surface area contributed by atoms with Gasteiger partial charge in [0, 0.05) is 6.54 Å². The molecule has 0 saturated carbocycles. The fourth-order valence-electron chi connectivity index (χ4n) is 1.70. The van der Waals surface area contributed by atoms with Crippen molar-refractivity contribution in [3.8, 4) is 0 Å². The van der Waals surface area contributed by atoms with Crippen molar-refractivity contribution < 1.29 is 28.6 Å². The van der Waals surface area contributed by atoms with Crippen LogP contribution in [0.1, 0.15) is 41.5 Å². The molecular formula is C15H27NO6. The third kappa shape index (κ3) is 7.85. The van der Waals surface area contributed by atoms with Crippen molar-refractivity contribution in [3.63, 3.8) is 0 Å². The van der Waals surface area contributed by atoms with E-state index < -0.39 is 35.5 Å². The van der Waals surface area contributed by atoms with Crippen LogP contribution in [-0.4, -0.2) is 43.4 Å². The van der Waals surface area contributed by atoms with Crippen LogP contribution >= 0.6 is 0 Å². The van der Waals surface area contributed by atoms with Crippen molar-refractivity contribution >= 4 is 18.0 Å². The van der Waals surface area contributed by atoms with Crippen LogP contribution < -0.4 is 5.32 Å². The molecule has 1 atom stereocenters. The van der Waals surface area contributed by atoms with Gasteiger partial charge in [0.2, 0.25) is 0 Å². The lowest BCUT2D eigenvalue weighted by Gasteiger charge is -2.23. The Bertz CT molecular complexity index is 370. The molecule has 0 heterocycles. The minimum Gasteiger partial charge on any atom is -0.465 e. The maximum absolute atomic E-state index is 11.9. The number of hydrogen-bond donors (Lipinski definition) is 1. The average molecular weight is 317 g/mol. The molecule has 0 spiro atoms. The number of amides is 1. The first-order valence-corrected chi connectivity index (χ1v) is 7.42. The Hall–Kier alpha value is -1.79. The second-order valence-corrected chi connectivity index (χ2v) is 5.84. The quantitative estimate of drug-likeness (QED) is 0.438. The van der Waals surface area contributed by atoms with Gasteiger partial charge in [-0.05, 0) is 40.5 Å². The molecule has 0 aliphatic rings. The largest absolute Gasteiger partial charge is 0.465 e. The van der Waals surface area contributed by atoms with Crippen molar-refractivity contribution in [1.29, 1.82) is 0 Å². The van der Waals surface area contributed by atoms with E-state index in [0.29, 0.717) is 0 Å². The molecule has 0 aliphatic carbocycles. The Morgan fingerprint density at radius 1 is 1.00 bits per heavy atom. The number of alkyl carbamates (subject to hydrolysis) is 1. The summed E-state index contributed by atoms with van der Waals surface area (Å²) in [5.74, 6) is -2.86. The van der Waals surface area contributed by atoms with Crippen LogP contribution in [0, 0.1) is 11.8 Å². The number of esters is 2. The van der Waals surface area contributed by atoms with Gasteiger partial charge in [-0.1, -0.05) is 6.92 Å². The molecule has 1 amide bonds. The highest BCUT2D eigenvalue weighted by atomic mass is 16.6. The van der Waals surface area contributed by atoms with E-state index in [2.05, 4.69) is 5.32 Å². The Labute approximate surface area is 131 Å². The van der Waals surface area contributed by atoms with Gasteiger partial charge in [-0.25, -0.2) is 4.79 Å². The standard InChI is InChI=1S/C15H27NO6/c1-7-20-12(17)11(13(18)21-8-2)10(3)9-16-14(19)22-15(4,5)6/h10-11H,7-9H2,1-6H3,(H,16,19). The van der Waals surface area contributed by atoms with Gasteiger partial charge < -0.3 is 19.5 Å². The Kier molecular flexibility index (Phi) is 8.52. The summed E-state index contributed by atoms with van der Waals surface area (Å²) in [6.07, 6.45) is -0.606. The number of carbonyl (C=O) groups is 3. The lowest BCUT2D eigenvalue weighted by Crippen LogP contribution is -2.41. The summed E-state index contributed by atoms with van der Waals surface area (Å²) in [5.41, 5.74) is -0.616. The molecular weight excluding hydrogens is 290 g/mol. The van der Waals surface area contributed by atoms with Crippen LogP contribution in [0.25, 0.3) is 0 Å². The van der Waals surface area contributed by atoms with Crippen LogP contribution in [0.5, 0.6) is 0 Å². The number of nitrogens with one attached hydrogen (secondary N) is 1. The monoisotopic (exact) mass is 317 g/mol. The molecule has 0 fully saturated rings. The van der Waals surface area contributed by atoms with Crippen molar-refractivity contribution in [2.45, 2.75) is 47.1 Å². The van der Waals surface area contributed by atoms with Gasteiger partial charge in [0.15, 0.2) is 5.92 Å². The van der Waals surface area contributed by atoms with E-state index in [4.69, 9.17) is 14.2 Å². The second kappa shape index (κ2) is 9.27. The summed E-state index contributed by atoms with van der Waals surface area (Å²) in [6.45, 7) is 10.6.